The van der Waals surface area contributed by atoms with Crippen molar-refractivity contribution in [2.24, 2.45) is 14.1 Å². The zero-order valence-corrected chi connectivity index (χ0v) is 15.7. The Morgan fingerprint density at radius 3 is 2.45 bits per heavy atom. The zero-order chi connectivity index (χ0) is 20.5. The number of aromatic nitrogens is 6. The van der Waals surface area contributed by atoms with Crippen molar-refractivity contribution in [1.82, 2.24) is 28.7 Å². The Hall–Kier alpha value is -4.08. The van der Waals surface area contributed by atoms with Crippen molar-refractivity contribution in [1.29, 1.82) is 0 Å². The van der Waals surface area contributed by atoms with Crippen LogP contribution in [0.1, 0.15) is 0 Å². The molecule has 10 heteroatoms. The van der Waals surface area contributed by atoms with Gasteiger partial charge in [-0.1, -0.05) is 30.3 Å². The molecule has 1 N–H and O–H groups in total. The van der Waals surface area contributed by atoms with Crippen molar-refractivity contribution >= 4 is 22.9 Å². The lowest BCUT2D eigenvalue weighted by molar-refractivity contribution is -0.116. The SMILES string of the molecule is Cn1c(=O)c2c(ncn2CC(=O)Nc2cnc(-c3ccccc3)cn2)n(C)c1=O. The van der Waals surface area contributed by atoms with Crippen LogP contribution in [0.4, 0.5) is 5.82 Å². The lowest BCUT2D eigenvalue weighted by atomic mass is 10.2. The lowest BCUT2D eigenvalue weighted by Crippen LogP contribution is -2.37. The summed E-state index contributed by atoms with van der Waals surface area (Å²) in [4.78, 5) is 49.5. The number of nitrogens with zero attached hydrogens (tertiary/aromatic N) is 6. The largest absolute Gasteiger partial charge is 0.332 e. The Bertz CT molecular complexity index is 1320. The number of imidazole rings is 1. The molecular formula is C19H17N7O3. The number of carbonyl (C=O) groups excluding carboxylic acids is 1. The molecule has 3 aromatic heterocycles. The minimum atomic E-state index is -0.514. The first-order valence-corrected chi connectivity index (χ1v) is 8.74. The molecule has 0 atom stereocenters. The number of hydrogen-bond acceptors (Lipinski definition) is 6. The maximum Gasteiger partial charge on any atom is 0.332 e. The first kappa shape index (κ1) is 18.3. The molecule has 0 radical (unpaired) electrons. The quantitative estimate of drug-likeness (QED) is 0.542. The average molecular weight is 391 g/mol. The third kappa shape index (κ3) is 3.31. The van der Waals surface area contributed by atoms with Crippen LogP contribution in [0.25, 0.3) is 22.4 Å². The average Bonchev–Trinajstić information content (AvgIpc) is 3.15. The van der Waals surface area contributed by atoms with Crippen LogP contribution in [0.15, 0.2) is 58.6 Å². The van der Waals surface area contributed by atoms with Crippen LogP contribution in [0.2, 0.25) is 0 Å². The molecule has 10 nitrogen and oxygen atoms in total. The van der Waals surface area contributed by atoms with Crippen LogP contribution >= 0.6 is 0 Å². The Morgan fingerprint density at radius 1 is 1.00 bits per heavy atom. The van der Waals surface area contributed by atoms with E-state index in [4.69, 9.17) is 0 Å². The molecule has 0 saturated heterocycles. The number of nitrogens with one attached hydrogen (secondary N) is 1. The van der Waals surface area contributed by atoms with Crippen molar-refractivity contribution in [3.63, 3.8) is 0 Å². The second-order valence-electron chi connectivity index (χ2n) is 6.45. The predicted molar refractivity (Wildman–Crippen MR) is 106 cm³/mol. The molecule has 0 saturated carbocycles. The molecule has 0 aliphatic carbocycles. The Morgan fingerprint density at radius 2 is 1.76 bits per heavy atom. The van der Waals surface area contributed by atoms with Crippen molar-refractivity contribution in [2.45, 2.75) is 6.54 Å². The van der Waals surface area contributed by atoms with Gasteiger partial charge >= 0.3 is 5.69 Å². The maximum absolute atomic E-state index is 12.4. The van der Waals surface area contributed by atoms with E-state index in [0.29, 0.717) is 11.5 Å². The van der Waals surface area contributed by atoms with Gasteiger partial charge < -0.3 is 9.88 Å². The second kappa shape index (κ2) is 7.15. The minimum Gasteiger partial charge on any atom is -0.315 e. The van der Waals surface area contributed by atoms with E-state index in [-0.39, 0.29) is 17.7 Å². The summed E-state index contributed by atoms with van der Waals surface area (Å²) in [5.74, 6) is -0.110. The summed E-state index contributed by atoms with van der Waals surface area (Å²) < 4.78 is 3.64. The van der Waals surface area contributed by atoms with E-state index < -0.39 is 17.2 Å². The number of aryl methyl sites for hydroxylation is 1. The normalized spacial score (nSPS) is 11.0. The van der Waals surface area contributed by atoms with Crippen LogP contribution in [0.3, 0.4) is 0 Å². The minimum absolute atomic E-state index is 0.161. The predicted octanol–water partition coefficient (Wildman–Crippen LogP) is 0.529. The van der Waals surface area contributed by atoms with Gasteiger partial charge in [-0.15, -0.1) is 0 Å². The van der Waals surface area contributed by atoms with E-state index in [1.807, 2.05) is 30.3 Å². The molecule has 146 valence electrons. The van der Waals surface area contributed by atoms with E-state index in [2.05, 4.69) is 20.3 Å². The number of hydrogen-bond donors (Lipinski definition) is 1. The summed E-state index contributed by atoms with van der Waals surface area (Å²) in [6.45, 7) is -0.161. The van der Waals surface area contributed by atoms with Crippen molar-refractivity contribution < 1.29 is 4.79 Å². The smallest absolute Gasteiger partial charge is 0.315 e. The standard InChI is InChI=1S/C19H17N7O3/c1-24-17-16(18(28)25(2)19(24)29)26(11-22-17)10-15(27)23-14-9-20-13(8-21-14)12-6-4-3-5-7-12/h3-9,11H,10H2,1-2H3,(H,21,23,27). The summed E-state index contributed by atoms with van der Waals surface area (Å²) in [5, 5.41) is 2.65. The van der Waals surface area contributed by atoms with Crippen LogP contribution in [-0.4, -0.2) is 34.6 Å². The molecule has 0 spiro atoms. The van der Waals surface area contributed by atoms with Crippen molar-refractivity contribution in [3.05, 3.63) is 69.9 Å². The van der Waals surface area contributed by atoms with Gasteiger partial charge in [-0.3, -0.25) is 23.7 Å². The Labute approximate surface area is 164 Å². The van der Waals surface area contributed by atoms with Gasteiger partial charge in [0.2, 0.25) is 5.91 Å². The van der Waals surface area contributed by atoms with Gasteiger partial charge in [-0.25, -0.2) is 14.8 Å². The van der Waals surface area contributed by atoms with E-state index in [9.17, 15) is 14.4 Å². The van der Waals surface area contributed by atoms with Crippen molar-refractivity contribution in [2.75, 3.05) is 5.32 Å². The summed E-state index contributed by atoms with van der Waals surface area (Å²) >= 11 is 0. The van der Waals surface area contributed by atoms with Gasteiger partial charge in [0, 0.05) is 19.7 Å². The van der Waals surface area contributed by atoms with Crippen LogP contribution in [-0.2, 0) is 25.4 Å². The van der Waals surface area contributed by atoms with Gasteiger partial charge in [0.25, 0.3) is 5.56 Å². The van der Waals surface area contributed by atoms with Gasteiger partial charge in [-0.2, -0.15) is 0 Å². The zero-order valence-electron chi connectivity index (χ0n) is 15.7. The maximum atomic E-state index is 12.4. The first-order valence-electron chi connectivity index (χ1n) is 8.74. The Balaban J connectivity index is 1.55. The molecule has 1 amide bonds. The van der Waals surface area contributed by atoms with E-state index >= 15 is 0 Å². The van der Waals surface area contributed by atoms with Gasteiger partial charge in [0.1, 0.15) is 6.54 Å². The molecule has 29 heavy (non-hydrogen) atoms. The Kier molecular flexibility index (Phi) is 4.51. The number of fused-ring (bicyclic) bond motifs is 1. The molecule has 0 unspecified atom stereocenters. The summed E-state index contributed by atoms with van der Waals surface area (Å²) in [6, 6.07) is 9.56. The van der Waals surface area contributed by atoms with E-state index in [0.717, 1.165) is 10.1 Å². The highest BCUT2D eigenvalue weighted by atomic mass is 16.2. The van der Waals surface area contributed by atoms with Gasteiger partial charge in [-0.05, 0) is 0 Å². The topological polar surface area (TPSA) is 117 Å². The fourth-order valence-corrected chi connectivity index (χ4v) is 3.00. The van der Waals surface area contributed by atoms with Gasteiger partial charge in [0.15, 0.2) is 17.0 Å². The van der Waals surface area contributed by atoms with Crippen LogP contribution < -0.4 is 16.6 Å². The first-order chi connectivity index (χ1) is 14.0. The monoisotopic (exact) mass is 391 g/mol. The molecule has 3 heterocycles. The number of amides is 1. The highest BCUT2D eigenvalue weighted by Crippen LogP contribution is 2.16. The summed E-state index contributed by atoms with van der Waals surface area (Å²) in [5.41, 5.74) is 1.01. The molecule has 0 fully saturated rings. The molecule has 1 aromatic carbocycles. The fourth-order valence-electron chi connectivity index (χ4n) is 3.00. The third-order valence-corrected chi connectivity index (χ3v) is 4.52. The molecule has 0 aliphatic heterocycles. The lowest BCUT2D eigenvalue weighted by Gasteiger charge is -2.08. The molecular weight excluding hydrogens is 374 g/mol. The van der Waals surface area contributed by atoms with E-state index in [1.165, 1.54) is 35.8 Å². The molecule has 0 aliphatic rings. The highest BCUT2D eigenvalue weighted by molar-refractivity contribution is 5.90. The number of rotatable bonds is 4. The second-order valence-corrected chi connectivity index (χ2v) is 6.45. The van der Waals surface area contributed by atoms with Crippen LogP contribution in [0.5, 0.6) is 0 Å². The van der Waals surface area contributed by atoms with Gasteiger partial charge in [0.05, 0.1) is 24.4 Å². The molecule has 0 bridgehead atoms. The fraction of sp³-hybridized carbons (Fsp3) is 0.158. The van der Waals surface area contributed by atoms with E-state index in [1.54, 1.807) is 6.20 Å². The van der Waals surface area contributed by atoms with Crippen molar-refractivity contribution in [3.8, 4) is 11.3 Å². The molecule has 4 aromatic rings. The number of benzene rings is 1. The molecule has 4 rings (SSSR count). The number of carbonyl (C=O) groups is 1. The summed E-state index contributed by atoms with van der Waals surface area (Å²) in [7, 11) is 2.90. The third-order valence-electron chi connectivity index (χ3n) is 4.52. The number of anilines is 1. The summed E-state index contributed by atoms with van der Waals surface area (Å²) in [6.07, 6.45) is 4.40. The highest BCUT2D eigenvalue weighted by Gasteiger charge is 2.16. The van der Waals surface area contributed by atoms with Crippen LogP contribution in [0, 0.1) is 0 Å².